The van der Waals surface area contributed by atoms with Gasteiger partial charge < -0.3 is 5.32 Å². The van der Waals surface area contributed by atoms with Gasteiger partial charge in [-0.05, 0) is 25.1 Å². The normalized spacial score (nSPS) is 21.7. The molecule has 0 bridgehead atoms. The van der Waals surface area contributed by atoms with E-state index in [0.717, 1.165) is 12.8 Å². The summed E-state index contributed by atoms with van der Waals surface area (Å²) in [7, 11) is 2.01. The first-order chi connectivity index (χ1) is 5.40. The fourth-order valence-corrected chi connectivity index (χ4v) is 1.62. The lowest BCUT2D eigenvalue weighted by molar-refractivity contribution is 0.591. The molecule has 11 heavy (non-hydrogen) atoms. The fourth-order valence-electron chi connectivity index (χ4n) is 1.62. The molecule has 1 unspecified atom stereocenters. The van der Waals surface area contributed by atoms with Crippen LogP contribution in [0.5, 0.6) is 0 Å². The molecule has 0 aliphatic heterocycles. The van der Waals surface area contributed by atoms with Crippen molar-refractivity contribution >= 4 is 0 Å². The fraction of sp³-hybridized carbons (Fsp3) is 0.444. The molecule has 1 aromatic rings. The Balaban J connectivity index is 2.27. The van der Waals surface area contributed by atoms with Gasteiger partial charge in [-0.3, -0.25) is 4.98 Å². The van der Waals surface area contributed by atoms with E-state index in [4.69, 9.17) is 0 Å². The van der Waals surface area contributed by atoms with E-state index in [-0.39, 0.29) is 0 Å². The number of pyridine rings is 1. The number of rotatable bonds is 1. The van der Waals surface area contributed by atoms with Gasteiger partial charge in [0, 0.05) is 24.4 Å². The van der Waals surface area contributed by atoms with Crippen molar-refractivity contribution in [2.45, 2.75) is 18.9 Å². The highest BCUT2D eigenvalue weighted by molar-refractivity contribution is 5.26. The highest BCUT2D eigenvalue weighted by Crippen LogP contribution is 2.18. The Hall–Kier alpha value is -0.890. The minimum Gasteiger partial charge on any atom is -0.316 e. The van der Waals surface area contributed by atoms with Gasteiger partial charge in [0.2, 0.25) is 0 Å². The van der Waals surface area contributed by atoms with Gasteiger partial charge in [0.25, 0.3) is 0 Å². The Labute approximate surface area is 66.7 Å². The van der Waals surface area contributed by atoms with Gasteiger partial charge in [-0.25, -0.2) is 0 Å². The number of aromatic nitrogens is 1. The topological polar surface area (TPSA) is 24.9 Å². The largest absolute Gasteiger partial charge is 0.316 e. The Morgan fingerprint density at radius 1 is 1.55 bits per heavy atom. The molecule has 0 aromatic carbocycles. The molecule has 2 rings (SSSR count). The maximum Gasteiger partial charge on any atom is 0.0451 e. The quantitative estimate of drug-likeness (QED) is 0.636. The summed E-state index contributed by atoms with van der Waals surface area (Å²) in [5, 5.41) is 3.27. The van der Waals surface area contributed by atoms with Crippen molar-refractivity contribution in [2.24, 2.45) is 0 Å². The summed E-state index contributed by atoms with van der Waals surface area (Å²) >= 11 is 0. The number of nitrogens with one attached hydrogen (secondary N) is 1. The summed E-state index contributed by atoms with van der Waals surface area (Å²) in [5.41, 5.74) is 2.68. The number of likely N-dealkylation sites (N-methyl/N-ethyl adjacent to an activating group) is 1. The maximum atomic E-state index is 4.32. The van der Waals surface area contributed by atoms with Gasteiger partial charge in [-0.1, -0.05) is 6.07 Å². The summed E-state index contributed by atoms with van der Waals surface area (Å²) in [6, 6.07) is 4.79. The molecule has 1 atom stereocenters. The molecular weight excluding hydrogens is 136 g/mol. The first-order valence-electron chi connectivity index (χ1n) is 4.00. The van der Waals surface area contributed by atoms with Crippen LogP contribution in [0, 0.1) is 0 Å². The van der Waals surface area contributed by atoms with E-state index in [2.05, 4.69) is 16.4 Å². The minimum atomic E-state index is 0.611. The van der Waals surface area contributed by atoms with Crippen LogP contribution in [0.4, 0.5) is 0 Å². The number of hydrogen-bond donors (Lipinski definition) is 1. The number of nitrogens with zero attached hydrogens (tertiary/aromatic N) is 1. The van der Waals surface area contributed by atoms with E-state index in [1.54, 1.807) is 0 Å². The molecule has 1 aromatic heterocycles. The van der Waals surface area contributed by atoms with Crippen LogP contribution in [-0.4, -0.2) is 18.1 Å². The van der Waals surface area contributed by atoms with E-state index < -0.39 is 0 Å². The van der Waals surface area contributed by atoms with E-state index in [9.17, 15) is 0 Å². The first-order valence-corrected chi connectivity index (χ1v) is 4.00. The molecular formula is C9H12N2. The Kier molecular flexibility index (Phi) is 1.62. The molecule has 1 heterocycles. The minimum absolute atomic E-state index is 0.611. The molecule has 0 fully saturated rings. The van der Waals surface area contributed by atoms with Crippen molar-refractivity contribution in [1.82, 2.24) is 10.3 Å². The van der Waals surface area contributed by atoms with Gasteiger partial charge >= 0.3 is 0 Å². The van der Waals surface area contributed by atoms with E-state index in [1.165, 1.54) is 11.3 Å². The van der Waals surface area contributed by atoms with Crippen molar-refractivity contribution in [3.63, 3.8) is 0 Å². The third-order valence-electron chi connectivity index (χ3n) is 2.30. The molecule has 2 nitrogen and oxygen atoms in total. The Morgan fingerprint density at radius 2 is 2.45 bits per heavy atom. The van der Waals surface area contributed by atoms with Crippen LogP contribution in [-0.2, 0) is 12.8 Å². The highest BCUT2D eigenvalue weighted by Gasteiger charge is 2.19. The SMILES string of the molecule is CNC1Cc2cccnc2C1. The van der Waals surface area contributed by atoms with E-state index in [0.29, 0.717) is 6.04 Å². The van der Waals surface area contributed by atoms with E-state index in [1.807, 2.05) is 19.3 Å². The van der Waals surface area contributed by atoms with Crippen molar-refractivity contribution in [2.75, 3.05) is 7.05 Å². The number of fused-ring (bicyclic) bond motifs is 1. The summed E-state index contributed by atoms with van der Waals surface area (Å²) in [5.74, 6) is 0. The predicted molar refractivity (Wildman–Crippen MR) is 44.5 cm³/mol. The van der Waals surface area contributed by atoms with Crippen LogP contribution in [0.3, 0.4) is 0 Å². The van der Waals surface area contributed by atoms with Crippen LogP contribution < -0.4 is 5.32 Å². The third kappa shape index (κ3) is 1.14. The third-order valence-corrected chi connectivity index (χ3v) is 2.30. The lowest BCUT2D eigenvalue weighted by atomic mass is 10.2. The molecule has 2 heteroatoms. The zero-order chi connectivity index (χ0) is 7.68. The van der Waals surface area contributed by atoms with Crippen molar-refractivity contribution < 1.29 is 0 Å². The highest BCUT2D eigenvalue weighted by atomic mass is 14.9. The van der Waals surface area contributed by atoms with Crippen LogP contribution in [0.2, 0.25) is 0 Å². The smallest absolute Gasteiger partial charge is 0.0451 e. The number of hydrogen-bond acceptors (Lipinski definition) is 2. The molecule has 1 N–H and O–H groups in total. The Bertz CT molecular complexity index is 232. The average molecular weight is 148 g/mol. The monoisotopic (exact) mass is 148 g/mol. The Morgan fingerprint density at radius 3 is 3.18 bits per heavy atom. The maximum absolute atomic E-state index is 4.32. The van der Waals surface area contributed by atoms with Gasteiger partial charge in [0.05, 0.1) is 0 Å². The average Bonchev–Trinajstić information content (AvgIpc) is 2.46. The van der Waals surface area contributed by atoms with Crippen LogP contribution >= 0.6 is 0 Å². The summed E-state index contributed by atoms with van der Waals surface area (Å²) in [6.07, 6.45) is 4.10. The predicted octanol–water partition coefficient (Wildman–Crippen LogP) is 0.768. The van der Waals surface area contributed by atoms with Gasteiger partial charge in [0.15, 0.2) is 0 Å². The molecule has 0 saturated heterocycles. The second kappa shape index (κ2) is 2.62. The summed E-state index contributed by atoms with van der Waals surface area (Å²) in [4.78, 5) is 4.32. The molecule has 0 saturated carbocycles. The lowest BCUT2D eigenvalue weighted by Crippen LogP contribution is -2.24. The molecule has 0 amide bonds. The second-order valence-electron chi connectivity index (χ2n) is 3.00. The summed E-state index contributed by atoms with van der Waals surface area (Å²) < 4.78 is 0. The van der Waals surface area contributed by atoms with Crippen molar-refractivity contribution in [1.29, 1.82) is 0 Å². The summed E-state index contributed by atoms with van der Waals surface area (Å²) in [6.45, 7) is 0. The van der Waals surface area contributed by atoms with Crippen molar-refractivity contribution in [3.05, 3.63) is 29.6 Å². The molecule has 0 spiro atoms. The van der Waals surface area contributed by atoms with Gasteiger partial charge in [0.1, 0.15) is 0 Å². The first kappa shape index (κ1) is 6.80. The van der Waals surface area contributed by atoms with Crippen LogP contribution in [0.15, 0.2) is 18.3 Å². The standard InChI is InChI=1S/C9H12N2/c1-10-8-5-7-3-2-4-11-9(7)6-8/h2-4,8,10H,5-6H2,1H3. The van der Waals surface area contributed by atoms with Crippen LogP contribution in [0.1, 0.15) is 11.3 Å². The molecule has 1 aliphatic carbocycles. The zero-order valence-electron chi connectivity index (χ0n) is 6.67. The molecule has 1 aliphatic rings. The van der Waals surface area contributed by atoms with Crippen molar-refractivity contribution in [3.8, 4) is 0 Å². The van der Waals surface area contributed by atoms with E-state index >= 15 is 0 Å². The zero-order valence-corrected chi connectivity index (χ0v) is 6.67. The van der Waals surface area contributed by atoms with Gasteiger partial charge in [-0.2, -0.15) is 0 Å². The lowest BCUT2D eigenvalue weighted by Gasteiger charge is -2.03. The molecule has 58 valence electrons. The second-order valence-corrected chi connectivity index (χ2v) is 3.00. The van der Waals surface area contributed by atoms with Crippen LogP contribution in [0.25, 0.3) is 0 Å². The van der Waals surface area contributed by atoms with Gasteiger partial charge in [-0.15, -0.1) is 0 Å². The molecule has 0 radical (unpaired) electrons.